The Morgan fingerprint density at radius 3 is 2.73 bits per heavy atom. The number of hydrogen-bond donors (Lipinski definition) is 3. The summed E-state index contributed by atoms with van der Waals surface area (Å²) in [5, 5.41) is 8.79. The summed E-state index contributed by atoms with van der Waals surface area (Å²) in [5.41, 5.74) is 0.409. The van der Waals surface area contributed by atoms with Gasteiger partial charge in [0.25, 0.3) is 0 Å². The van der Waals surface area contributed by atoms with E-state index < -0.39 is 5.82 Å². The van der Waals surface area contributed by atoms with Gasteiger partial charge in [-0.2, -0.15) is 0 Å². The van der Waals surface area contributed by atoms with Crippen LogP contribution in [0.15, 0.2) is 29.3 Å². The van der Waals surface area contributed by atoms with Gasteiger partial charge in [0.15, 0.2) is 5.96 Å². The van der Waals surface area contributed by atoms with Crippen LogP contribution in [-0.2, 0) is 14.3 Å². The monoisotopic (exact) mass is 482 g/mol. The zero-order valence-corrected chi connectivity index (χ0v) is 17.5. The molecule has 0 saturated heterocycles. The minimum Gasteiger partial charge on any atom is -0.382 e. The minimum atomic E-state index is -0.399. The standard InChI is InChI=1S/C17H27FN4O3.HI/c1-3-19-17(20-8-5-9-25-11-10-24-2)21-13-16(23)22-15-7-4-6-14(18)12-15;/h4,6-7,12H,3,5,8-11,13H2,1-2H3,(H,22,23)(H2,19,20,21);1H. The molecule has 0 atom stereocenters. The fraction of sp³-hybridized carbons (Fsp3) is 0.529. The van der Waals surface area contributed by atoms with Gasteiger partial charge in [0.05, 0.1) is 13.2 Å². The van der Waals surface area contributed by atoms with Gasteiger partial charge < -0.3 is 25.4 Å². The van der Waals surface area contributed by atoms with Gasteiger partial charge in [0.2, 0.25) is 5.91 Å². The summed E-state index contributed by atoms with van der Waals surface area (Å²) in [5.74, 6) is -0.163. The summed E-state index contributed by atoms with van der Waals surface area (Å²) in [4.78, 5) is 16.1. The molecule has 148 valence electrons. The summed E-state index contributed by atoms with van der Waals surface area (Å²) < 4.78 is 23.4. The van der Waals surface area contributed by atoms with Gasteiger partial charge in [-0.05, 0) is 31.5 Å². The van der Waals surface area contributed by atoms with Gasteiger partial charge in [0.1, 0.15) is 12.4 Å². The summed E-state index contributed by atoms with van der Waals surface area (Å²) >= 11 is 0. The predicted octanol–water partition coefficient (Wildman–Crippen LogP) is 1.99. The number of rotatable bonds is 11. The van der Waals surface area contributed by atoms with Crippen LogP contribution >= 0.6 is 24.0 Å². The number of anilines is 1. The third-order valence-electron chi connectivity index (χ3n) is 3.02. The third kappa shape index (κ3) is 12.0. The van der Waals surface area contributed by atoms with Gasteiger partial charge in [-0.1, -0.05) is 6.07 Å². The van der Waals surface area contributed by atoms with Crippen LogP contribution < -0.4 is 16.0 Å². The van der Waals surface area contributed by atoms with E-state index in [1.165, 1.54) is 18.2 Å². The van der Waals surface area contributed by atoms with Crippen LogP contribution in [0.1, 0.15) is 13.3 Å². The molecule has 7 nitrogen and oxygen atoms in total. The van der Waals surface area contributed by atoms with E-state index in [4.69, 9.17) is 9.47 Å². The average Bonchev–Trinajstić information content (AvgIpc) is 2.58. The van der Waals surface area contributed by atoms with Crippen molar-refractivity contribution in [3.05, 3.63) is 30.1 Å². The molecule has 0 fully saturated rings. The number of halogens is 2. The van der Waals surface area contributed by atoms with E-state index in [1.54, 1.807) is 13.2 Å². The highest BCUT2D eigenvalue weighted by molar-refractivity contribution is 14.0. The lowest BCUT2D eigenvalue weighted by atomic mass is 10.3. The van der Waals surface area contributed by atoms with Crippen molar-refractivity contribution in [3.63, 3.8) is 0 Å². The smallest absolute Gasteiger partial charge is 0.246 e. The van der Waals surface area contributed by atoms with Crippen molar-refractivity contribution in [1.82, 2.24) is 10.6 Å². The highest BCUT2D eigenvalue weighted by Gasteiger charge is 2.04. The topological polar surface area (TPSA) is 84.0 Å². The Bertz CT molecular complexity index is 546. The molecule has 1 amide bonds. The zero-order chi connectivity index (χ0) is 18.3. The number of carbonyl (C=O) groups excluding carboxylic acids is 1. The summed E-state index contributed by atoms with van der Waals surface area (Å²) in [7, 11) is 1.63. The molecule has 0 heterocycles. The van der Waals surface area contributed by atoms with E-state index in [0.717, 1.165) is 6.42 Å². The minimum absolute atomic E-state index is 0. The number of nitrogens with zero attached hydrogens (tertiary/aromatic N) is 1. The Morgan fingerprint density at radius 1 is 1.23 bits per heavy atom. The first-order valence-electron chi connectivity index (χ1n) is 8.30. The number of amides is 1. The molecule has 1 rings (SSSR count). The first-order chi connectivity index (χ1) is 12.2. The molecule has 0 aliphatic heterocycles. The maximum absolute atomic E-state index is 13.1. The van der Waals surface area contributed by atoms with E-state index in [9.17, 15) is 9.18 Å². The molecule has 0 spiro atoms. The number of guanidine groups is 1. The molecule has 0 aliphatic carbocycles. The Kier molecular flexibility index (Phi) is 14.9. The molecule has 1 aromatic rings. The van der Waals surface area contributed by atoms with Crippen LogP contribution in [0, 0.1) is 5.82 Å². The second kappa shape index (κ2) is 15.8. The van der Waals surface area contributed by atoms with Crippen LogP contribution in [0.2, 0.25) is 0 Å². The maximum atomic E-state index is 13.1. The van der Waals surface area contributed by atoms with Crippen molar-refractivity contribution in [2.24, 2.45) is 4.99 Å². The molecule has 3 N–H and O–H groups in total. The van der Waals surface area contributed by atoms with Crippen LogP contribution in [0.25, 0.3) is 0 Å². The van der Waals surface area contributed by atoms with Crippen molar-refractivity contribution in [2.45, 2.75) is 13.3 Å². The first-order valence-corrected chi connectivity index (χ1v) is 8.30. The highest BCUT2D eigenvalue weighted by atomic mass is 127. The van der Waals surface area contributed by atoms with Gasteiger partial charge in [0, 0.05) is 32.5 Å². The van der Waals surface area contributed by atoms with Crippen LogP contribution in [-0.4, -0.2) is 58.4 Å². The molecule has 9 heteroatoms. The van der Waals surface area contributed by atoms with E-state index in [-0.39, 0.29) is 36.4 Å². The molecule has 0 bridgehead atoms. The second-order valence-electron chi connectivity index (χ2n) is 5.14. The number of hydrogen-bond acceptors (Lipinski definition) is 4. The number of benzene rings is 1. The number of nitrogens with one attached hydrogen (secondary N) is 3. The van der Waals surface area contributed by atoms with Crippen molar-refractivity contribution in [3.8, 4) is 0 Å². The highest BCUT2D eigenvalue weighted by Crippen LogP contribution is 2.08. The molecule has 0 saturated carbocycles. The van der Waals surface area contributed by atoms with Gasteiger partial charge in [-0.3, -0.25) is 4.79 Å². The summed E-state index contributed by atoms with van der Waals surface area (Å²) in [6.07, 6.45) is 0.809. The van der Waals surface area contributed by atoms with Crippen molar-refractivity contribution in [1.29, 1.82) is 0 Å². The lowest BCUT2D eigenvalue weighted by Crippen LogP contribution is -2.38. The number of carbonyl (C=O) groups is 1. The summed E-state index contributed by atoms with van der Waals surface area (Å²) in [6.45, 7) is 5.01. The largest absolute Gasteiger partial charge is 0.382 e. The van der Waals surface area contributed by atoms with E-state index in [0.29, 0.717) is 44.6 Å². The Morgan fingerprint density at radius 2 is 2.04 bits per heavy atom. The lowest BCUT2D eigenvalue weighted by molar-refractivity contribution is -0.114. The number of ether oxygens (including phenoxy) is 2. The molecule has 26 heavy (non-hydrogen) atoms. The van der Waals surface area contributed by atoms with Crippen molar-refractivity contribution < 1.29 is 18.7 Å². The Balaban J connectivity index is 0.00000625. The van der Waals surface area contributed by atoms with Crippen LogP contribution in [0.5, 0.6) is 0 Å². The fourth-order valence-electron chi connectivity index (χ4n) is 1.88. The van der Waals surface area contributed by atoms with Gasteiger partial charge >= 0.3 is 0 Å². The average molecular weight is 482 g/mol. The lowest BCUT2D eigenvalue weighted by Gasteiger charge is -2.11. The zero-order valence-electron chi connectivity index (χ0n) is 15.2. The Labute approximate surface area is 171 Å². The first kappa shape index (κ1) is 24.5. The van der Waals surface area contributed by atoms with E-state index in [2.05, 4.69) is 20.9 Å². The third-order valence-corrected chi connectivity index (χ3v) is 3.02. The second-order valence-corrected chi connectivity index (χ2v) is 5.14. The van der Waals surface area contributed by atoms with Crippen LogP contribution in [0.4, 0.5) is 10.1 Å². The summed E-state index contributed by atoms with van der Waals surface area (Å²) in [6, 6.07) is 5.74. The van der Waals surface area contributed by atoms with Gasteiger partial charge in [-0.15, -0.1) is 24.0 Å². The normalized spacial score (nSPS) is 10.8. The molecule has 0 radical (unpaired) electrons. The van der Waals surface area contributed by atoms with Crippen molar-refractivity contribution in [2.75, 3.05) is 51.9 Å². The molecular weight excluding hydrogens is 454 g/mol. The number of methoxy groups -OCH3 is 1. The molecular formula is C17H28FIN4O3. The predicted molar refractivity (Wildman–Crippen MR) is 112 cm³/mol. The van der Waals surface area contributed by atoms with E-state index in [1.807, 2.05) is 6.92 Å². The van der Waals surface area contributed by atoms with Crippen LogP contribution in [0.3, 0.4) is 0 Å². The molecule has 0 aromatic heterocycles. The quantitative estimate of drug-likeness (QED) is 0.195. The number of aliphatic imine (C=N–C) groups is 1. The SMILES string of the molecule is CCNC(=NCC(=O)Nc1cccc(F)c1)NCCCOCCOC.I. The van der Waals surface area contributed by atoms with Crippen molar-refractivity contribution >= 4 is 41.5 Å². The Hall–Kier alpha value is -1.46. The molecule has 1 aromatic carbocycles. The fourth-order valence-corrected chi connectivity index (χ4v) is 1.88. The molecule has 0 unspecified atom stereocenters. The maximum Gasteiger partial charge on any atom is 0.246 e. The van der Waals surface area contributed by atoms with E-state index >= 15 is 0 Å². The van der Waals surface area contributed by atoms with Gasteiger partial charge in [-0.25, -0.2) is 9.38 Å². The molecule has 0 aliphatic rings.